The molecule has 138 valence electrons. The van der Waals surface area contributed by atoms with Crippen molar-refractivity contribution < 1.29 is 14.1 Å². The van der Waals surface area contributed by atoms with Gasteiger partial charge in [-0.15, -0.1) is 0 Å². The number of nitrogens with zero attached hydrogens (tertiary/aromatic N) is 4. The third-order valence-electron chi connectivity index (χ3n) is 4.26. The second-order valence-electron chi connectivity index (χ2n) is 5.93. The van der Waals surface area contributed by atoms with Gasteiger partial charge in [-0.05, 0) is 19.1 Å². The van der Waals surface area contributed by atoms with E-state index in [1.54, 1.807) is 30.5 Å². The van der Waals surface area contributed by atoms with Crippen molar-refractivity contribution in [3.05, 3.63) is 40.6 Å². The Morgan fingerprint density at radius 3 is 2.62 bits per heavy atom. The summed E-state index contributed by atoms with van der Waals surface area (Å²) in [5.74, 6) is 0.0506. The van der Waals surface area contributed by atoms with Gasteiger partial charge in [0.25, 0.3) is 0 Å². The number of esters is 1. The van der Waals surface area contributed by atoms with Gasteiger partial charge in [0, 0.05) is 43.0 Å². The topological polar surface area (TPSA) is 71.2 Å². The lowest BCUT2D eigenvalue weighted by molar-refractivity contribution is 0.0594. The third-order valence-corrected chi connectivity index (χ3v) is 4.52. The first-order valence-electron chi connectivity index (χ1n) is 8.41. The fourth-order valence-corrected chi connectivity index (χ4v) is 3.05. The maximum absolute atomic E-state index is 12.3. The Bertz CT molecular complexity index is 780. The largest absolute Gasteiger partial charge is 0.465 e. The Labute approximate surface area is 157 Å². The molecule has 0 atom stereocenters. The van der Waals surface area contributed by atoms with Crippen molar-refractivity contribution in [1.82, 2.24) is 15.1 Å². The molecule has 0 saturated carbocycles. The quantitative estimate of drug-likeness (QED) is 0.590. The van der Waals surface area contributed by atoms with Crippen molar-refractivity contribution >= 4 is 23.8 Å². The Morgan fingerprint density at radius 1 is 1.31 bits per heavy atom. The predicted molar refractivity (Wildman–Crippen MR) is 99.3 cm³/mol. The summed E-state index contributed by atoms with van der Waals surface area (Å²) in [6.45, 7) is 5.71. The highest BCUT2D eigenvalue weighted by atomic mass is 35.5. The van der Waals surface area contributed by atoms with Crippen LogP contribution in [-0.2, 0) is 11.3 Å². The van der Waals surface area contributed by atoms with E-state index in [4.69, 9.17) is 20.9 Å². The van der Waals surface area contributed by atoms with Crippen molar-refractivity contribution in [2.75, 3.05) is 33.3 Å². The zero-order chi connectivity index (χ0) is 18.5. The number of hydrogen-bond acceptors (Lipinski definition) is 7. The minimum atomic E-state index is -0.458. The second-order valence-corrected chi connectivity index (χ2v) is 6.37. The van der Waals surface area contributed by atoms with Crippen LogP contribution in [0.15, 0.2) is 33.9 Å². The van der Waals surface area contributed by atoms with Crippen molar-refractivity contribution in [1.29, 1.82) is 0 Å². The van der Waals surface area contributed by atoms with E-state index in [2.05, 4.69) is 15.2 Å². The average Bonchev–Trinajstić information content (AvgIpc) is 3.07. The molecule has 0 aliphatic carbocycles. The van der Waals surface area contributed by atoms with E-state index in [1.807, 2.05) is 11.9 Å². The zero-order valence-corrected chi connectivity index (χ0v) is 15.6. The van der Waals surface area contributed by atoms with Gasteiger partial charge in [0.15, 0.2) is 5.76 Å². The Kier molecular flexibility index (Phi) is 5.90. The average molecular weight is 377 g/mol. The van der Waals surface area contributed by atoms with Crippen molar-refractivity contribution in [3.8, 4) is 11.3 Å². The van der Waals surface area contributed by atoms with E-state index >= 15 is 0 Å². The highest BCUT2D eigenvalue weighted by Gasteiger charge is 2.27. The van der Waals surface area contributed by atoms with Crippen molar-refractivity contribution in [3.63, 3.8) is 0 Å². The van der Waals surface area contributed by atoms with Crippen LogP contribution in [0.3, 0.4) is 0 Å². The minimum Gasteiger partial charge on any atom is -0.465 e. The molecule has 1 saturated heterocycles. The molecule has 3 rings (SSSR count). The summed E-state index contributed by atoms with van der Waals surface area (Å²) in [6, 6.07) is 7.11. The van der Waals surface area contributed by atoms with Gasteiger partial charge in [-0.1, -0.05) is 28.9 Å². The molecule has 26 heavy (non-hydrogen) atoms. The molecular weight excluding hydrogens is 356 g/mol. The number of halogens is 1. The number of rotatable bonds is 5. The number of benzene rings is 1. The van der Waals surface area contributed by atoms with Crippen LogP contribution in [-0.4, -0.2) is 60.5 Å². The number of carbonyl (C=O) groups excluding carboxylic acids is 1. The standard InChI is InChI=1S/C18H21ClN4O3/c1-3-20-23-10-8-22(9-11-23)12-15-16(18(24)25-2)17(21-26-15)13-4-6-14(19)7-5-13/h3-7H,8-12H2,1-2H3/b20-3+. The Balaban J connectivity index is 1.81. The molecule has 0 N–H and O–H groups in total. The molecule has 0 radical (unpaired) electrons. The Hall–Kier alpha value is -2.38. The minimum absolute atomic E-state index is 0.365. The highest BCUT2D eigenvalue weighted by molar-refractivity contribution is 6.30. The van der Waals surface area contributed by atoms with Gasteiger partial charge < -0.3 is 9.26 Å². The SMILES string of the molecule is C/C=N/N1CCN(Cc2onc(-c3ccc(Cl)cc3)c2C(=O)OC)CC1. The smallest absolute Gasteiger partial charge is 0.343 e. The lowest BCUT2D eigenvalue weighted by atomic mass is 10.1. The van der Waals surface area contributed by atoms with Gasteiger partial charge in [0.2, 0.25) is 0 Å². The number of carbonyl (C=O) groups is 1. The molecule has 0 bridgehead atoms. The van der Waals surface area contributed by atoms with Gasteiger partial charge in [-0.25, -0.2) is 4.79 Å². The van der Waals surface area contributed by atoms with Crippen LogP contribution in [0.2, 0.25) is 5.02 Å². The number of aromatic nitrogens is 1. The summed E-state index contributed by atoms with van der Waals surface area (Å²) in [5.41, 5.74) is 1.59. The highest BCUT2D eigenvalue weighted by Crippen LogP contribution is 2.28. The van der Waals surface area contributed by atoms with E-state index in [1.165, 1.54) is 7.11 Å². The van der Waals surface area contributed by atoms with E-state index in [9.17, 15) is 4.79 Å². The molecule has 1 fully saturated rings. The molecule has 0 amide bonds. The van der Waals surface area contributed by atoms with Gasteiger partial charge >= 0.3 is 5.97 Å². The molecule has 1 aromatic carbocycles. The number of hydrogen-bond donors (Lipinski definition) is 0. The van der Waals surface area contributed by atoms with Crippen LogP contribution in [0.5, 0.6) is 0 Å². The van der Waals surface area contributed by atoms with Crippen LogP contribution in [0, 0.1) is 0 Å². The molecule has 2 aromatic rings. The summed E-state index contributed by atoms with van der Waals surface area (Å²) < 4.78 is 10.5. The normalized spacial score (nSPS) is 15.6. The molecular formula is C18H21ClN4O3. The monoisotopic (exact) mass is 376 g/mol. The van der Waals surface area contributed by atoms with E-state index in [0.717, 1.165) is 31.7 Å². The number of methoxy groups -OCH3 is 1. The Morgan fingerprint density at radius 2 is 2.00 bits per heavy atom. The summed E-state index contributed by atoms with van der Waals surface area (Å²) in [6.07, 6.45) is 1.79. The van der Waals surface area contributed by atoms with Crippen LogP contribution in [0.25, 0.3) is 11.3 Å². The number of hydrazone groups is 1. The lowest BCUT2D eigenvalue weighted by Crippen LogP contribution is -2.43. The van der Waals surface area contributed by atoms with Crippen LogP contribution >= 0.6 is 11.6 Å². The van der Waals surface area contributed by atoms with Gasteiger partial charge in [0.1, 0.15) is 11.3 Å². The summed E-state index contributed by atoms with van der Waals surface area (Å²) in [5, 5.41) is 11.1. The maximum atomic E-state index is 12.3. The molecule has 1 aliphatic rings. The summed E-state index contributed by atoms with van der Waals surface area (Å²) in [4.78, 5) is 14.5. The number of piperazine rings is 1. The van der Waals surface area contributed by atoms with Crippen molar-refractivity contribution in [2.24, 2.45) is 5.10 Å². The zero-order valence-electron chi connectivity index (χ0n) is 14.8. The summed E-state index contributed by atoms with van der Waals surface area (Å²) in [7, 11) is 1.35. The first kappa shape index (κ1) is 18.4. The van der Waals surface area contributed by atoms with Gasteiger partial charge in [-0.2, -0.15) is 5.10 Å². The number of ether oxygens (including phenoxy) is 1. The van der Waals surface area contributed by atoms with Crippen LogP contribution in [0.1, 0.15) is 23.0 Å². The molecule has 8 heteroatoms. The third kappa shape index (κ3) is 4.05. The van der Waals surface area contributed by atoms with Crippen LogP contribution < -0.4 is 0 Å². The van der Waals surface area contributed by atoms with E-state index in [-0.39, 0.29) is 0 Å². The van der Waals surface area contributed by atoms with Crippen molar-refractivity contribution in [2.45, 2.75) is 13.5 Å². The first-order valence-corrected chi connectivity index (χ1v) is 8.79. The molecule has 1 aromatic heterocycles. The van der Waals surface area contributed by atoms with Gasteiger partial charge in [-0.3, -0.25) is 9.91 Å². The maximum Gasteiger partial charge on any atom is 0.343 e. The molecule has 0 unspecified atom stereocenters. The first-order chi connectivity index (χ1) is 12.6. The summed E-state index contributed by atoms with van der Waals surface area (Å²) >= 11 is 5.94. The van der Waals surface area contributed by atoms with Crippen LogP contribution in [0.4, 0.5) is 0 Å². The van der Waals surface area contributed by atoms with Gasteiger partial charge in [0.05, 0.1) is 13.7 Å². The van der Waals surface area contributed by atoms with E-state index < -0.39 is 5.97 Å². The fraction of sp³-hybridized carbons (Fsp3) is 0.389. The van der Waals surface area contributed by atoms with E-state index in [0.29, 0.717) is 28.6 Å². The molecule has 2 heterocycles. The molecule has 0 spiro atoms. The fourth-order valence-electron chi connectivity index (χ4n) is 2.93. The lowest BCUT2D eigenvalue weighted by Gasteiger charge is -2.32. The molecule has 7 nitrogen and oxygen atoms in total. The molecule has 1 aliphatic heterocycles. The predicted octanol–water partition coefficient (Wildman–Crippen LogP) is 2.90. The second kappa shape index (κ2) is 8.33.